The molecule has 0 spiro atoms. The minimum atomic E-state index is 0.842. The number of benzene rings is 1. The molecule has 1 aromatic heterocycles. The van der Waals surface area contributed by atoms with Crippen LogP contribution in [0, 0.1) is 0 Å². The van der Waals surface area contributed by atoms with Crippen LogP contribution in [0.15, 0.2) is 30.5 Å². The van der Waals surface area contributed by atoms with Crippen LogP contribution in [-0.2, 0) is 19.5 Å². The van der Waals surface area contributed by atoms with Gasteiger partial charge in [-0.05, 0) is 24.5 Å². The predicted molar refractivity (Wildman–Crippen MR) is 74.3 cm³/mol. The van der Waals surface area contributed by atoms with E-state index in [4.69, 9.17) is 4.98 Å². The van der Waals surface area contributed by atoms with Crippen molar-refractivity contribution in [2.75, 3.05) is 11.4 Å². The smallest absolute Gasteiger partial charge is 0.230 e. The van der Waals surface area contributed by atoms with Gasteiger partial charge in [0, 0.05) is 37.1 Å². The fourth-order valence-corrected chi connectivity index (χ4v) is 2.92. The molecule has 19 heavy (non-hydrogen) atoms. The van der Waals surface area contributed by atoms with Crippen LogP contribution in [0.2, 0.25) is 0 Å². The third-order valence-electron chi connectivity index (χ3n) is 3.90. The van der Waals surface area contributed by atoms with E-state index in [1.54, 1.807) is 0 Å². The fourth-order valence-electron chi connectivity index (χ4n) is 2.92. The number of rotatable bonds is 1. The van der Waals surface area contributed by atoms with Crippen molar-refractivity contribution in [2.45, 2.75) is 25.9 Å². The monoisotopic (exact) mass is 252 g/mol. The van der Waals surface area contributed by atoms with E-state index >= 15 is 0 Å². The molecule has 0 fully saturated rings. The summed E-state index contributed by atoms with van der Waals surface area (Å²) in [5.74, 6) is 0.842. The zero-order valence-electron chi connectivity index (χ0n) is 10.8. The van der Waals surface area contributed by atoms with E-state index in [-0.39, 0.29) is 0 Å². The molecule has 0 saturated carbocycles. The molecule has 0 atom stereocenters. The third-order valence-corrected chi connectivity index (χ3v) is 3.90. The summed E-state index contributed by atoms with van der Waals surface area (Å²) in [4.78, 5) is 11.5. The van der Waals surface area contributed by atoms with Gasteiger partial charge in [-0.25, -0.2) is 9.97 Å². The molecule has 4 heteroatoms. The van der Waals surface area contributed by atoms with Gasteiger partial charge in [0.1, 0.15) is 0 Å². The minimum absolute atomic E-state index is 0.842. The SMILES string of the molecule is c1ccc2c(c1)CCCN2c1ncc2c(n1)CNC2. The normalized spacial score (nSPS) is 17.2. The van der Waals surface area contributed by atoms with Crippen LogP contribution in [0.3, 0.4) is 0 Å². The quantitative estimate of drug-likeness (QED) is 0.844. The number of hydrogen-bond donors (Lipinski definition) is 1. The summed E-state index contributed by atoms with van der Waals surface area (Å²) in [5.41, 5.74) is 5.04. The Morgan fingerprint density at radius 1 is 1.11 bits per heavy atom. The lowest BCUT2D eigenvalue weighted by Gasteiger charge is -2.29. The van der Waals surface area contributed by atoms with Gasteiger partial charge in [-0.3, -0.25) is 0 Å². The summed E-state index contributed by atoms with van der Waals surface area (Å²) in [6.07, 6.45) is 4.28. The maximum Gasteiger partial charge on any atom is 0.230 e. The molecule has 3 heterocycles. The van der Waals surface area contributed by atoms with Crippen molar-refractivity contribution < 1.29 is 0 Å². The van der Waals surface area contributed by atoms with Crippen LogP contribution < -0.4 is 10.2 Å². The lowest BCUT2D eigenvalue weighted by atomic mass is 10.0. The largest absolute Gasteiger partial charge is 0.310 e. The molecule has 2 aliphatic rings. The Labute approximate surface area is 112 Å². The molecule has 0 unspecified atom stereocenters. The van der Waals surface area contributed by atoms with Crippen LogP contribution in [0.4, 0.5) is 11.6 Å². The maximum atomic E-state index is 4.73. The lowest BCUT2D eigenvalue weighted by molar-refractivity contribution is 0.742. The van der Waals surface area contributed by atoms with Gasteiger partial charge in [0.05, 0.1) is 5.69 Å². The fraction of sp³-hybridized carbons (Fsp3) is 0.333. The Hall–Kier alpha value is -1.94. The van der Waals surface area contributed by atoms with Crippen LogP contribution >= 0.6 is 0 Å². The maximum absolute atomic E-state index is 4.73. The molecule has 2 aromatic rings. The van der Waals surface area contributed by atoms with Gasteiger partial charge in [0.15, 0.2) is 0 Å². The second-order valence-electron chi connectivity index (χ2n) is 5.13. The molecular formula is C15H16N4. The summed E-state index contributed by atoms with van der Waals surface area (Å²) < 4.78 is 0. The molecule has 2 aliphatic heterocycles. The number of anilines is 2. The van der Waals surface area contributed by atoms with Crippen molar-refractivity contribution in [3.8, 4) is 0 Å². The topological polar surface area (TPSA) is 41.1 Å². The molecule has 0 amide bonds. The molecular weight excluding hydrogens is 236 g/mol. The van der Waals surface area contributed by atoms with Crippen LogP contribution in [-0.4, -0.2) is 16.5 Å². The van der Waals surface area contributed by atoms with Gasteiger partial charge in [-0.2, -0.15) is 0 Å². The number of aromatic nitrogens is 2. The van der Waals surface area contributed by atoms with Gasteiger partial charge in [-0.1, -0.05) is 18.2 Å². The highest BCUT2D eigenvalue weighted by Crippen LogP contribution is 2.31. The highest BCUT2D eigenvalue weighted by atomic mass is 15.3. The molecule has 1 N–H and O–H groups in total. The summed E-state index contributed by atoms with van der Waals surface area (Å²) in [6.45, 7) is 2.76. The summed E-state index contributed by atoms with van der Waals surface area (Å²) in [7, 11) is 0. The van der Waals surface area contributed by atoms with E-state index in [9.17, 15) is 0 Å². The molecule has 0 bridgehead atoms. The molecule has 0 saturated heterocycles. The first-order chi connectivity index (χ1) is 9.42. The molecule has 1 aromatic carbocycles. The van der Waals surface area contributed by atoms with Crippen molar-refractivity contribution >= 4 is 11.6 Å². The second-order valence-corrected chi connectivity index (χ2v) is 5.13. The number of aryl methyl sites for hydroxylation is 1. The average molecular weight is 252 g/mol. The highest BCUT2D eigenvalue weighted by molar-refractivity contribution is 5.63. The van der Waals surface area contributed by atoms with Crippen molar-refractivity contribution in [1.29, 1.82) is 0 Å². The first-order valence-electron chi connectivity index (χ1n) is 6.83. The molecule has 0 aliphatic carbocycles. The zero-order chi connectivity index (χ0) is 12.7. The molecule has 0 radical (unpaired) electrons. The molecule has 4 nitrogen and oxygen atoms in total. The molecule has 96 valence electrons. The Balaban J connectivity index is 1.77. The van der Waals surface area contributed by atoms with Gasteiger partial charge in [0.25, 0.3) is 0 Å². The first kappa shape index (κ1) is 10.9. The first-order valence-corrected chi connectivity index (χ1v) is 6.83. The van der Waals surface area contributed by atoms with Crippen molar-refractivity contribution in [3.63, 3.8) is 0 Å². The van der Waals surface area contributed by atoms with E-state index in [1.165, 1.54) is 16.8 Å². The lowest BCUT2D eigenvalue weighted by Crippen LogP contribution is -2.26. The molecule has 4 rings (SSSR count). The van der Waals surface area contributed by atoms with Crippen LogP contribution in [0.5, 0.6) is 0 Å². The number of nitrogens with zero attached hydrogens (tertiary/aromatic N) is 3. The van der Waals surface area contributed by atoms with E-state index in [2.05, 4.69) is 39.5 Å². The standard InChI is InChI=1S/C15H16N4/c1-2-6-14-11(4-1)5-3-7-19(14)15-17-9-12-8-16-10-13(12)18-15/h1-2,4,6,9,16H,3,5,7-8,10H2. The number of hydrogen-bond acceptors (Lipinski definition) is 4. The number of para-hydroxylation sites is 1. The second kappa shape index (κ2) is 4.31. The Morgan fingerprint density at radius 2 is 2.05 bits per heavy atom. The van der Waals surface area contributed by atoms with Gasteiger partial charge >= 0.3 is 0 Å². The van der Waals surface area contributed by atoms with E-state index < -0.39 is 0 Å². The summed E-state index contributed by atoms with van der Waals surface area (Å²) >= 11 is 0. The number of fused-ring (bicyclic) bond motifs is 2. The van der Waals surface area contributed by atoms with E-state index in [0.29, 0.717) is 0 Å². The van der Waals surface area contributed by atoms with Crippen LogP contribution in [0.25, 0.3) is 0 Å². The zero-order valence-corrected chi connectivity index (χ0v) is 10.8. The van der Waals surface area contributed by atoms with Gasteiger partial charge in [-0.15, -0.1) is 0 Å². The minimum Gasteiger partial charge on any atom is -0.310 e. The predicted octanol–water partition coefficient (Wildman–Crippen LogP) is 2.16. The average Bonchev–Trinajstić information content (AvgIpc) is 2.94. The van der Waals surface area contributed by atoms with Gasteiger partial charge in [0.2, 0.25) is 5.95 Å². The van der Waals surface area contributed by atoms with Crippen LogP contribution in [0.1, 0.15) is 23.2 Å². The Kier molecular flexibility index (Phi) is 2.48. The van der Waals surface area contributed by atoms with E-state index in [0.717, 1.165) is 44.1 Å². The Bertz CT molecular complexity index is 623. The summed E-state index contributed by atoms with van der Waals surface area (Å²) in [6, 6.07) is 8.57. The summed E-state index contributed by atoms with van der Waals surface area (Å²) in [5, 5.41) is 3.32. The number of nitrogens with one attached hydrogen (secondary N) is 1. The van der Waals surface area contributed by atoms with E-state index in [1.807, 2.05) is 6.20 Å². The van der Waals surface area contributed by atoms with Crippen molar-refractivity contribution in [2.24, 2.45) is 0 Å². The third kappa shape index (κ3) is 1.79. The Morgan fingerprint density at radius 3 is 3.05 bits per heavy atom. The van der Waals surface area contributed by atoms with Gasteiger partial charge < -0.3 is 10.2 Å². The van der Waals surface area contributed by atoms with Crippen molar-refractivity contribution in [3.05, 3.63) is 47.3 Å². The highest BCUT2D eigenvalue weighted by Gasteiger charge is 2.21. The van der Waals surface area contributed by atoms with Crippen molar-refractivity contribution in [1.82, 2.24) is 15.3 Å².